The average molecular weight is 312 g/mol. The van der Waals surface area contributed by atoms with E-state index in [-0.39, 0.29) is 5.91 Å². The van der Waals surface area contributed by atoms with Gasteiger partial charge in [0.2, 0.25) is 0 Å². The van der Waals surface area contributed by atoms with Crippen LogP contribution < -0.4 is 4.90 Å². The van der Waals surface area contributed by atoms with E-state index in [0.29, 0.717) is 17.5 Å². The Bertz CT molecular complexity index is 728. The standard InChI is InChI=1S/C16H20N6O/c1-11-5-15(18-10-17-11)21-6-12-8-22(9-13(12)7-21)16(23)14-3-4-19-20(14)2/h3-5,10,12-13H,6-9H2,1-2H3. The van der Waals surface area contributed by atoms with E-state index in [4.69, 9.17) is 0 Å². The average Bonchev–Trinajstić information content (AvgIpc) is 3.20. The second-order valence-corrected chi connectivity index (χ2v) is 6.49. The molecule has 0 N–H and O–H groups in total. The molecular formula is C16H20N6O. The maximum atomic E-state index is 12.6. The van der Waals surface area contributed by atoms with Crippen molar-refractivity contribution in [3.05, 3.63) is 36.0 Å². The lowest BCUT2D eigenvalue weighted by Gasteiger charge is -2.22. The van der Waals surface area contributed by atoms with Crippen LogP contribution in [0.4, 0.5) is 5.82 Å². The highest BCUT2D eigenvalue weighted by molar-refractivity contribution is 5.92. The van der Waals surface area contributed by atoms with Gasteiger partial charge in [-0.2, -0.15) is 5.10 Å². The molecule has 7 heteroatoms. The molecule has 2 aliphatic heterocycles. The van der Waals surface area contributed by atoms with E-state index >= 15 is 0 Å². The maximum Gasteiger partial charge on any atom is 0.272 e. The van der Waals surface area contributed by atoms with Crippen LogP contribution in [0.2, 0.25) is 0 Å². The summed E-state index contributed by atoms with van der Waals surface area (Å²) in [6.07, 6.45) is 3.29. The fraction of sp³-hybridized carbons (Fsp3) is 0.500. The predicted molar refractivity (Wildman–Crippen MR) is 85.1 cm³/mol. The molecule has 7 nitrogen and oxygen atoms in total. The van der Waals surface area contributed by atoms with Crippen molar-refractivity contribution in [2.45, 2.75) is 6.92 Å². The summed E-state index contributed by atoms with van der Waals surface area (Å²) in [6.45, 7) is 5.52. The van der Waals surface area contributed by atoms with Crippen LogP contribution in [0.25, 0.3) is 0 Å². The molecule has 0 aromatic carbocycles. The number of aromatic nitrogens is 4. The van der Waals surface area contributed by atoms with Crippen molar-refractivity contribution in [1.29, 1.82) is 0 Å². The SMILES string of the molecule is Cc1cc(N2CC3CN(C(=O)c4ccnn4C)CC3C2)ncn1. The predicted octanol–water partition coefficient (Wildman–Crippen LogP) is 0.727. The molecule has 4 heterocycles. The third kappa shape index (κ3) is 2.46. The van der Waals surface area contributed by atoms with Crippen molar-refractivity contribution in [2.24, 2.45) is 18.9 Å². The number of carbonyl (C=O) groups excluding carboxylic acids is 1. The van der Waals surface area contributed by atoms with Gasteiger partial charge in [-0.1, -0.05) is 0 Å². The first-order chi connectivity index (χ1) is 11.1. The molecule has 2 atom stereocenters. The van der Waals surface area contributed by atoms with Crippen molar-refractivity contribution in [3.63, 3.8) is 0 Å². The second-order valence-electron chi connectivity index (χ2n) is 6.49. The van der Waals surface area contributed by atoms with Gasteiger partial charge in [-0.3, -0.25) is 9.48 Å². The summed E-state index contributed by atoms with van der Waals surface area (Å²) >= 11 is 0. The van der Waals surface area contributed by atoms with Gasteiger partial charge in [0.25, 0.3) is 5.91 Å². The van der Waals surface area contributed by atoms with Crippen LogP contribution in [0, 0.1) is 18.8 Å². The zero-order valence-corrected chi connectivity index (χ0v) is 13.4. The number of rotatable bonds is 2. The summed E-state index contributed by atoms with van der Waals surface area (Å²) in [5.74, 6) is 2.12. The van der Waals surface area contributed by atoms with Gasteiger partial charge in [0.1, 0.15) is 17.8 Å². The van der Waals surface area contributed by atoms with Crippen LogP contribution in [-0.4, -0.2) is 56.7 Å². The molecule has 2 saturated heterocycles. The number of aryl methyl sites for hydroxylation is 2. The van der Waals surface area contributed by atoms with Gasteiger partial charge in [0, 0.05) is 63.0 Å². The highest BCUT2D eigenvalue weighted by atomic mass is 16.2. The minimum atomic E-state index is 0.0869. The third-order valence-corrected chi connectivity index (χ3v) is 4.93. The highest BCUT2D eigenvalue weighted by Gasteiger charge is 2.42. The van der Waals surface area contributed by atoms with Gasteiger partial charge in [0.15, 0.2) is 0 Å². The van der Waals surface area contributed by atoms with E-state index in [2.05, 4.69) is 20.0 Å². The van der Waals surface area contributed by atoms with Crippen LogP contribution in [0.3, 0.4) is 0 Å². The molecule has 2 unspecified atom stereocenters. The molecule has 2 aliphatic rings. The topological polar surface area (TPSA) is 67.2 Å². The lowest BCUT2D eigenvalue weighted by Crippen LogP contribution is -2.34. The normalized spacial score (nSPS) is 23.4. The fourth-order valence-corrected chi connectivity index (χ4v) is 3.71. The Balaban J connectivity index is 1.44. The molecule has 0 bridgehead atoms. The number of fused-ring (bicyclic) bond motifs is 1. The number of hydrogen-bond donors (Lipinski definition) is 0. The van der Waals surface area contributed by atoms with E-state index in [0.717, 1.165) is 37.7 Å². The Morgan fingerprint density at radius 2 is 1.91 bits per heavy atom. The smallest absolute Gasteiger partial charge is 0.272 e. The molecule has 2 aromatic rings. The van der Waals surface area contributed by atoms with Gasteiger partial charge >= 0.3 is 0 Å². The lowest BCUT2D eigenvalue weighted by atomic mass is 10.0. The van der Waals surface area contributed by atoms with Gasteiger partial charge in [-0.25, -0.2) is 9.97 Å². The van der Waals surface area contributed by atoms with E-state index in [1.54, 1.807) is 23.3 Å². The summed E-state index contributed by atoms with van der Waals surface area (Å²) in [4.78, 5) is 25.4. The molecule has 0 saturated carbocycles. The van der Waals surface area contributed by atoms with Crippen LogP contribution >= 0.6 is 0 Å². The fourth-order valence-electron chi connectivity index (χ4n) is 3.71. The summed E-state index contributed by atoms with van der Waals surface area (Å²) in [7, 11) is 1.81. The Labute approximate surface area is 134 Å². The number of nitrogens with zero attached hydrogens (tertiary/aromatic N) is 6. The van der Waals surface area contributed by atoms with Crippen LogP contribution in [0.5, 0.6) is 0 Å². The first-order valence-electron chi connectivity index (χ1n) is 7.92. The molecule has 1 amide bonds. The van der Waals surface area contributed by atoms with E-state index < -0.39 is 0 Å². The number of hydrogen-bond acceptors (Lipinski definition) is 5. The largest absolute Gasteiger partial charge is 0.356 e. The molecule has 0 spiro atoms. The van der Waals surface area contributed by atoms with Gasteiger partial charge in [-0.15, -0.1) is 0 Å². The first kappa shape index (κ1) is 14.2. The first-order valence-corrected chi connectivity index (χ1v) is 7.92. The minimum absolute atomic E-state index is 0.0869. The second kappa shape index (κ2) is 5.33. The van der Waals surface area contributed by atoms with Gasteiger partial charge in [-0.05, 0) is 13.0 Å². The van der Waals surface area contributed by atoms with E-state index in [1.165, 1.54) is 0 Å². The van der Waals surface area contributed by atoms with Crippen molar-refractivity contribution >= 4 is 11.7 Å². The zero-order valence-electron chi connectivity index (χ0n) is 13.4. The zero-order chi connectivity index (χ0) is 16.0. The van der Waals surface area contributed by atoms with Crippen molar-refractivity contribution < 1.29 is 4.79 Å². The summed E-state index contributed by atoms with van der Waals surface area (Å²) in [6, 6.07) is 3.81. The molecular weight excluding hydrogens is 292 g/mol. The molecule has 4 rings (SSSR count). The highest BCUT2D eigenvalue weighted by Crippen LogP contribution is 2.33. The Morgan fingerprint density at radius 3 is 2.52 bits per heavy atom. The third-order valence-electron chi connectivity index (χ3n) is 4.93. The summed E-state index contributed by atoms with van der Waals surface area (Å²) in [5.41, 5.74) is 1.65. The number of anilines is 1. The molecule has 120 valence electrons. The molecule has 0 aliphatic carbocycles. The molecule has 2 aromatic heterocycles. The Hall–Kier alpha value is -2.44. The van der Waals surface area contributed by atoms with Gasteiger partial charge < -0.3 is 9.80 Å². The van der Waals surface area contributed by atoms with E-state index in [1.807, 2.05) is 24.9 Å². The van der Waals surface area contributed by atoms with Crippen molar-refractivity contribution in [3.8, 4) is 0 Å². The van der Waals surface area contributed by atoms with E-state index in [9.17, 15) is 4.79 Å². The Kier molecular flexibility index (Phi) is 3.28. The number of amides is 1. The summed E-state index contributed by atoms with van der Waals surface area (Å²) < 4.78 is 1.65. The van der Waals surface area contributed by atoms with Crippen LogP contribution in [0.1, 0.15) is 16.2 Å². The Morgan fingerprint density at radius 1 is 1.17 bits per heavy atom. The van der Waals surface area contributed by atoms with Crippen LogP contribution in [-0.2, 0) is 7.05 Å². The minimum Gasteiger partial charge on any atom is -0.356 e. The van der Waals surface area contributed by atoms with Gasteiger partial charge in [0.05, 0.1) is 0 Å². The molecule has 2 fully saturated rings. The number of carbonyl (C=O) groups is 1. The molecule has 0 radical (unpaired) electrons. The maximum absolute atomic E-state index is 12.6. The van der Waals surface area contributed by atoms with Crippen molar-refractivity contribution in [1.82, 2.24) is 24.6 Å². The quantitative estimate of drug-likeness (QED) is 0.818. The lowest BCUT2D eigenvalue weighted by molar-refractivity contribution is 0.0771. The monoisotopic (exact) mass is 312 g/mol. The number of likely N-dealkylation sites (tertiary alicyclic amines) is 1. The van der Waals surface area contributed by atoms with Crippen molar-refractivity contribution in [2.75, 3.05) is 31.1 Å². The molecule has 23 heavy (non-hydrogen) atoms. The summed E-state index contributed by atoms with van der Waals surface area (Å²) in [5, 5.41) is 4.09. The van der Waals surface area contributed by atoms with Crippen LogP contribution in [0.15, 0.2) is 24.7 Å².